The number of hydrogen-bond acceptors (Lipinski definition) is 5. The number of amides is 1. The van der Waals surface area contributed by atoms with Gasteiger partial charge in [-0.05, 0) is 40.8 Å². The number of benzene rings is 1. The molecule has 1 amide bonds. The maximum Gasteiger partial charge on any atom is 0.417 e. The van der Waals surface area contributed by atoms with E-state index in [0.717, 1.165) is 0 Å². The van der Waals surface area contributed by atoms with E-state index in [1.165, 1.54) is 11.0 Å². The number of rotatable bonds is 4. The van der Waals surface area contributed by atoms with Crippen molar-refractivity contribution in [2.45, 2.75) is 12.7 Å². The lowest BCUT2D eigenvalue weighted by Crippen LogP contribution is -2.29. The molecule has 0 saturated heterocycles. The van der Waals surface area contributed by atoms with Gasteiger partial charge in [0, 0.05) is 11.9 Å². The van der Waals surface area contributed by atoms with E-state index in [0.29, 0.717) is 28.2 Å². The fraction of sp³-hybridized carbons (Fsp3) is 0.133. The second-order valence-electron chi connectivity index (χ2n) is 5.36. The summed E-state index contributed by atoms with van der Waals surface area (Å²) >= 11 is 5.55. The smallest absolute Gasteiger partial charge is 0.325 e. The van der Waals surface area contributed by atoms with Gasteiger partial charge in [0.2, 0.25) is 5.91 Å². The van der Waals surface area contributed by atoms with Crippen LogP contribution in [0.1, 0.15) is 5.56 Å². The maximum atomic E-state index is 12.8. The topological polar surface area (TPSA) is 94.7 Å². The van der Waals surface area contributed by atoms with E-state index in [1.807, 2.05) is 0 Å². The third-order valence-corrected chi connectivity index (χ3v) is 3.72. The molecule has 0 spiro atoms. The Hall–Kier alpha value is -3.21. The first-order valence-electron chi connectivity index (χ1n) is 7.34. The van der Waals surface area contributed by atoms with Crippen LogP contribution in [0.25, 0.3) is 5.69 Å². The molecule has 0 unspecified atom stereocenters. The summed E-state index contributed by atoms with van der Waals surface area (Å²) in [4.78, 5) is 24.0. The molecule has 1 aromatic carbocycles. The summed E-state index contributed by atoms with van der Waals surface area (Å²) in [6.07, 6.45) is -2.76. The van der Waals surface area contributed by atoms with Crippen LogP contribution in [-0.4, -0.2) is 30.7 Å². The van der Waals surface area contributed by atoms with Gasteiger partial charge in [-0.25, -0.2) is 4.68 Å². The number of halogens is 4. The van der Waals surface area contributed by atoms with Crippen molar-refractivity contribution in [3.8, 4) is 5.69 Å². The normalized spacial score (nSPS) is 11.4. The van der Waals surface area contributed by atoms with Crippen LogP contribution in [-0.2, 0) is 17.5 Å². The second-order valence-corrected chi connectivity index (χ2v) is 5.76. The first-order chi connectivity index (χ1) is 12.7. The van der Waals surface area contributed by atoms with E-state index < -0.39 is 34.8 Å². The standard InChI is InChI=1S/C15H10ClF3N6O2/c16-12-5-9(15(17,18)19)6-24(14(12)27)7-13(26)21-10-1-3-11(4-2-10)25-8-20-22-23-25/h1-6,8H,7H2,(H,21,26). The van der Waals surface area contributed by atoms with Crippen LogP contribution in [0.4, 0.5) is 18.9 Å². The highest BCUT2D eigenvalue weighted by molar-refractivity contribution is 6.30. The molecule has 0 radical (unpaired) electrons. The van der Waals surface area contributed by atoms with Crippen molar-refractivity contribution in [2.75, 3.05) is 5.32 Å². The minimum atomic E-state index is -4.69. The molecule has 1 N–H and O–H groups in total. The average Bonchev–Trinajstić information content (AvgIpc) is 3.13. The number of tetrazole rings is 1. The predicted octanol–water partition coefficient (Wildman–Crippen LogP) is 2.13. The van der Waals surface area contributed by atoms with Crippen molar-refractivity contribution in [3.05, 3.63) is 63.8 Å². The van der Waals surface area contributed by atoms with E-state index in [2.05, 4.69) is 20.8 Å². The third-order valence-electron chi connectivity index (χ3n) is 3.45. The van der Waals surface area contributed by atoms with Gasteiger partial charge in [-0.2, -0.15) is 13.2 Å². The first-order valence-corrected chi connectivity index (χ1v) is 7.72. The quantitative estimate of drug-likeness (QED) is 0.726. The largest absolute Gasteiger partial charge is 0.417 e. The van der Waals surface area contributed by atoms with Gasteiger partial charge in [-0.15, -0.1) is 5.10 Å². The van der Waals surface area contributed by atoms with Crippen LogP contribution in [0.15, 0.2) is 47.7 Å². The molecule has 0 aliphatic heterocycles. The molecular weight excluding hydrogens is 389 g/mol. The first kappa shape index (κ1) is 18.6. The summed E-state index contributed by atoms with van der Waals surface area (Å²) in [7, 11) is 0. The van der Waals surface area contributed by atoms with Gasteiger partial charge in [-0.3, -0.25) is 9.59 Å². The second kappa shape index (κ2) is 7.19. The molecule has 2 heterocycles. The Balaban J connectivity index is 1.74. The molecule has 0 aliphatic carbocycles. The molecule has 3 aromatic rings. The summed E-state index contributed by atoms with van der Waals surface area (Å²) in [6, 6.07) is 6.88. The van der Waals surface area contributed by atoms with Gasteiger partial charge in [0.15, 0.2) is 0 Å². The van der Waals surface area contributed by atoms with Crippen LogP contribution in [0.3, 0.4) is 0 Å². The third kappa shape index (κ3) is 4.31. The number of nitrogens with zero attached hydrogens (tertiary/aromatic N) is 5. The Bertz CT molecular complexity index is 1020. The SMILES string of the molecule is O=C(Cn1cc(C(F)(F)F)cc(Cl)c1=O)Nc1ccc(-n2cnnn2)cc1. The lowest BCUT2D eigenvalue weighted by atomic mass is 10.2. The number of carbonyl (C=O) groups excluding carboxylic acids is 1. The van der Waals surface area contributed by atoms with Gasteiger partial charge >= 0.3 is 6.18 Å². The Morgan fingerprint density at radius 1 is 1.22 bits per heavy atom. The van der Waals surface area contributed by atoms with Crippen molar-refractivity contribution in [2.24, 2.45) is 0 Å². The van der Waals surface area contributed by atoms with Gasteiger partial charge in [0.05, 0.1) is 11.3 Å². The molecule has 12 heteroatoms. The van der Waals surface area contributed by atoms with Gasteiger partial charge in [0.1, 0.15) is 17.9 Å². The Morgan fingerprint density at radius 3 is 2.52 bits per heavy atom. The number of alkyl halides is 3. The predicted molar refractivity (Wildman–Crippen MR) is 88.5 cm³/mol. The number of aromatic nitrogens is 5. The van der Waals surface area contributed by atoms with Gasteiger partial charge < -0.3 is 9.88 Å². The number of nitrogens with one attached hydrogen (secondary N) is 1. The highest BCUT2D eigenvalue weighted by Gasteiger charge is 2.32. The van der Waals surface area contributed by atoms with E-state index in [-0.39, 0.29) is 0 Å². The Kier molecular flexibility index (Phi) is 4.95. The minimum Gasteiger partial charge on any atom is -0.325 e. The van der Waals surface area contributed by atoms with E-state index >= 15 is 0 Å². The summed E-state index contributed by atoms with van der Waals surface area (Å²) in [5.41, 5.74) is -0.999. The summed E-state index contributed by atoms with van der Waals surface area (Å²) in [5.74, 6) is -0.692. The molecule has 3 rings (SSSR count). The average molecular weight is 399 g/mol. The molecule has 0 atom stereocenters. The molecule has 0 bridgehead atoms. The highest BCUT2D eigenvalue weighted by atomic mass is 35.5. The van der Waals surface area contributed by atoms with Crippen molar-refractivity contribution >= 4 is 23.2 Å². The molecule has 0 saturated carbocycles. The van der Waals surface area contributed by atoms with Crippen molar-refractivity contribution in [1.82, 2.24) is 24.8 Å². The molecule has 2 aromatic heterocycles. The van der Waals surface area contributed by atoms with E-state index in [9.17, 15) is 22.8 Å². The Labute approximate surface area is 154 Å². The monoisotopic (exact) mass is 398 g/mol. The molecule has 0 fully saturated rings. The molecule has 140 valence electrons. The van der Waals surface area contributed by atoms with Gasteiger partial charge in [-0.1, -0.05) is 11.6 Å². The number of anilines is 1. The van der Waals surface area contributed by atoms with E-state index in [4.69, 9.17) is 11.6 Å². The summed E-state index contributed by atoms with van der Waals surface area (Å²) in [6.45, 7) is -0.628. The lowest BCUT2D eigenvalue weighted by molar-refractivity contribution is -0.138. The minimum absolute atomic E-state index is 0.378. The van der Waals surface area contributed by atoms with Crippen LogP contribution in [0.2, 0.25) is 5.02 Å². The van der Waals surface area contributed by atoms with Crippen LogP contribution < -0.4 is 10.9 Å². The summed E-state index contributed by atoms with van der Waals surface area (Å²) in [5, 5.41) is 12.6. The van der Waals surface area contributed by atoms with Crippen LogP contribution >= 0.6 is 11.6 Å². The number of hydrogen-bond donors (Lipinski definition) is 1. The highest BCUT2D eigenvalue weighted by Crippen LogP contribution is 2.29. The number of carbonyl (C=O) groups is 1. The fourth-order valence-electron chi connectivity index (χ4n) is 2.20. The molecule has 27 heavy (non-hydrogen) atoms. The summed E-state index contributed by atoms with van der Waals surface area (Å²) < 4.78 is 40.5. The van der Waals surface area contributed by atoms with Crippen molar-refractivity contribution in [3.63, 3.8) is 0 Å². The number of pyridine rings is 1. The van der Waals surface area contributed by atoms with Crippen LogP contribution in [0.5, 0.6) is 0 Å². The fourth-order valence-corrected chi connectivity index (χ4v) is 2.43. The van der Waals surface area contributed by atoms with Crippen molar-refractivity contribution < 1.29 is 18.0 Å². The Morgan fingerprint density at radius 2 is 1.93 bits per heavy atom. The molecule has 0 aliphatic rings. The molecule has 8 nitrogen and oxygen atoms in total. The van der Waals surface area contributed by atoms with Crippen molar-refractivity contribution in [1.29, 1.82) is 0 Å². The van der Waals surface area contributed by atoms with Crippen LogP contribution in [0, 0.1) is 0 Å². The van der Waals surface area contributed by atoms with Gasteiger partial charge in [0.25, 0.3) is 5.56 Å². The maximum absolute atomic E-state index is 12.8. The zero-order chi connectivity index (χ0) is 19.6. The lowest BCUT2D eigenvalue weighted by Gasteiger charge is -2.12. The molecular formula is C15H10ClF3N6O2. The zero-order valence-electron chi connectivity index (χ0n) is 13.3. The zero-order valence-corrected chi connectivity index (χ0v) is 14.1. The van der Waals surface area contributed by atoms with E-state index in [1.54, 1.807) is 24.3 Å².